The molecule has 0 aliphatic carbocycles. The maximum Gasteiger partial charge on any atom is 0.265 e. The molecule has 1 amide bonds. The summed E-state index contributed by atoms with van der Waals surface area (Å²) in [6, 6.07) is 10.8. The molecule has 0 saturated heterocycles. The zero-order valence-electron chi connectivity index (χ0n) is 16.5. The highest BCUT2D eigenvalue weighted by atomic mass is 35.5. The molecule has 0 unspecified atom stereocenters. The Balaban J connectivity index is 1.87. The maximum atomic E-state index is 11.9. The van der Waals surface area contributed by atoms with Crippen LogP contribution in [-0.4, -0.2) is 32.4 Å². The second-order valence-corrected chi connectivity index (χ2v) is 7.06. The lowest BCUT2D eigenvalue weighted by atomic mass is 10.2. The molecule has 2 rings (SSSR count). The van der Waals surface area contributed by atoms with Gasteiger partial charge in [0.25, 0.3) is 5.91 Å². The van der Waals surface area contributed by atoms with Crippen LogP contribution in [0.25, 0.3) is 0 Å². The standard InChI is InChI=1S/C21H25ClN2O4/c1-14(2)12-27-19-8-6-16(10-20(19)26-4)11-23-28-13-21(25)24-18-7-5-15(3)9-17(18)22/h5-11,14H,12-13H2,1-4H3,(H,24,25)/b23-11-. The van der Waals surface area contributed by atoms with Gasteiger partial charge in [0.05, 0.1) is 30.6 Å². The highest BCUT2D eigenvalue weighted by Gasteiger charge is 2.08. The third-order valence-corrected chi connectivity index (χ3v) is 3.94. The van der Waals surface area contributed by atoms with Gasteiger partial charge in [-0.25, -0.2) is 0 Å². The van der Waals surface area contributed by atoms with E-state index in [4.69, 9.17) is 25.9 Å². The number of aryl methyl sites for hydroxylation is 1. The molecular weight excluding hydrogens is 380 g/mol. The van der Waals surface area contributed by atoms with Gasteiger partial charge in [0.2, 0.25) is 0 Å². The summed E-state index contributed by atoms with van der Waals surface area (Å²) in [5.74, 6) is 1.35. The van der Waals surface area contributed by atoms with E-state index in [9.17, 15) is 4.79 Å². The number of methoxy groups -OCH3 is 1. The first-order chi connectivity index (χ1) is 13.4. The minimum Gasteiger partial charge on any atom is -0.493 e. The molecule has 6 nitrogen and oxygen atoms in total. The number of carbonyl (C=O) groups is 1. The molecule has 2 aromatic rings. The molecule has 150 valence electrons. The number of amides is 1. The van der Waals surface area contributed by atoms with Gasteiger partial charge in [-0.3, -0.25) is 4.79 Å². The summed E-state index contributed by atoms with van der Waals surface area (Å²) in [5, 5.41) is 6.98. The highest BCUT2D eigenvalue weighted by Crippen LogP contribution is 2.28. The Labute approximate surface area is 170 Å². The summed E-state index contributed by atoms with van der Waals surface area (Å²) in [4.78, 5) is 17.0. The molecular formula is C21H25ClN2O4. The summed E-state index contributed by atoms with van der Waals surface area (Å²) in [5.41, 5.74) is 2.31. The Morgan fingerprint density at radius 3 is 2.68 bits per heavy atom. The third-order valence-electron chi connectivity index (χ3n) is 3.63. The SMILES string of the molecule is COc1cc(/C=N\OCC(=O)Nc2ccc(C)cc2Cl)ccc1OCC(C)C. The lowest BCUT2D eigenvalue weighted by Gasteiger charge is -2.12. The number of benzene rings is 2. The first kappa shape index (κ1) is 21.6. The van der Waals surface area contributed by atoms with Crippen LogP contribution < -0.4 is 14.8 Å². The molecule has 0 heterocycles. The molecule has 0 fully saturated rings. The van der Waals surface area contributed by atoms with Crippen LogP contribution >= 0.6 is 11.6 Å². The predicted molar refractivity (Wildman–Crippen MR) is 112 cm³/mol. The smallest absolute Gasteiger partial charge is 0.265 e. The molecule has 0 aliphatic rings. The molecule has 28 heavy (non-hydrogen) atoms. The molecule has 7 heteroatoms. The number of ether oxygens (including phenoxy) is 2. The van der Waals surface area contributed by atoms with Gasteiger partial charge in [-0.15, -0.1) is 0 Å². The van der Waals surface area contributed by atoms with E-state index >= 15 is 0 Å². The van der Waals surface area contributed by atoms with E-state index in [0.717, 1.165) is 11.1 Å². The lowest BCUT2D eigenvalue weighted by molar-refractivity contribution is -0.120. The largest absolute Gasteiger partial charge is 0.493 e. The fourth-order valence-corrected chi connectivity index (χ4v) is 2.52. The van der Waals surface area contributed by atoms with E-state index in [-0.39, 0.29) is 12.5 Å². The average Bonchev–Trinajstić information content (AvgIpc) is 2.66. The maximum absolute atomic E-state index is 11.9. The van der Waals surface area contributed by atoms with Crippen LogP contribution in [0.5, 0.6) is 11.5 Å². The van der Waals surface area contributed by atoms with Crippen molar-refractivity contribution in [2.75, 3.05) is 25.6 Å². The number of hydrogen-bond acceptors (Lipinski definition) is 5. The molecule has 0 spiro atoms. The van der Waals surface area contributed by atoms with Crippen molar-refractivity contribution in [1.29, 1.82) is 0 Å². The van der Waals surface area contributed by atoms with E-state index in [1.165, 1.54) is 6.21 Å². The summed E-state index contributed by atoms with van der Waals surface area (Å²) in [6.07, 6.45) is 1.50. The van der Waals surface area contributed by atoms with Gasteiger partial charge in [0.15, 0.2) is 18.1 Å². The first-order valence-electron chi connectivity index (χ1n) is 8.91. The predicted octanol–water partition coefficient (Wildman–Crippen LogP) is 4.68. The number of anilines is 1. The van der Waals surface area contributed by atoms with Gasteiger partial charge in [0, 0.05) is 5.56 Å². The number of rotatable bonds is 9. The monoisotopic (exact) mass is 404 g/mol. The Kier molecular flexibility index (Phi) is 8.14. The number of nitrogens with zero attached hydrogens (tertiary/aromatic N) is 1. The fourth-order valence-electron chi connectivity index (χ4n) is 2.24. The van der Waals surface area contributed by atoms with Crippen LogP contribution in [-0.2, 0) is 9.63 Å². The van der Waals surface area contributed by atoms with Crippen LogP contribution in [0.1, 0.15) is 25.0 Å². The van der Waals surface area contributed by atoms with Gasteiger partial charge < -0.3 is 19.6 Å². The normalized spacial score (nSPS) is 10.9. The van der Waals surface area contributed by atoms with Crippen LogP contribution in [0, 0.1) is 12.8 Å². The van der Waals surface area contributed by atoms with E-state index in [2.05, 4.69) is 24.3 Å². The Bertz CT molecular complexity index is 837. The molecule has 0 radical (unpaired) electrons. The number of hydrogen-bond donors (Lipinski definition) is 1. The minimum atomic E-state index is -0.349. The second kappa shape index (κ2) is 10.6. The number of nitrogens with one attached hydrogen (secondary N) is 1. The summed E-state index contributed by atoms with van der Waals surface area (Å²) < 4.78 is 11.1. The van der Waals surface area contributed by atoms with Crippen molar-refractivity contribution in [3.8, 4) is 11.5 Å². The van der Waals surface area contributed by atoms with Crippen molar-refractivity contribution in [1.82, 2.24) is 0 Å². The van der Waals surface area contributed by atoms with E-state index < -0.39 is 0 Å². The third kappa shape index (κ3) is 6.78. The van der Waals surface area contributed by atoms with Gasteiger partial charge in [-0.1, -0.05) is 36.7 Å². The minimum absolute atomic E-state index is 0.229. The molecule has 0 saturated carbocycles. The van der Waals surface area contributed by atoms with Crippen molar-refractivity contribution in [3.63, 3.8) is 0 Å². The summed E-state index contributed by atoms with van der Waals surface area (Å²) in [7, 11) is 1.58. The van der Waals surface area contributed by atoms with Gasteiger partial charge in [0.1, 0.15) is 0 Å². The van der Waals surface area contributed by atoms with Crippen molar-refractivity contribution < 1.29 is 19.1 Å². The van der Waals surface area contributed by atoms with Crippen LogP contribution in [0.15, 0.2) is 41.6 Å². The zero-order valence-corrected chi connectivity index (χ0v) is 17.2. The number of oxime groups is 1. The lowest BCUT2D eigenvalue weighted by Crippen LogP contribution is -2.17. The molecule has 2 aromatic carbocycles. The van der Waals surface area contributed by atoms with Crippen LogP contribution in [0.4, 0.5) is 5.69 Å². The van der Waals surface area contributed by atoms with E-state index in [0.29, 0.717) is 34.7 Å². The van der Waals surface area contributed by atoms with Gasteiger partial charge in [-0.2, -0.15) is 0 Å². The fraction of sp³-hybridized carbons (Fsp3) is 0.333. The summed E-state index contributed by atoms with van der Waals surface area (Å²) in [6.45, 7) is 6.45. The number of carbonyl (C=O) groups excluding carboxylic acids is 1. The highest BCUT2D eigenvalue weighted by molar-refractivity contribution is 6.33. The van der Waals surface area contributed by atoms with Crippen molar-refractivity contribution in [2.24, 2.45) is 11.1 Å². The molecule has 0 aliphatic heterocycles. The quantitative estimate of drug-likeness (QED) is 0.486. The zero-order chi connectivity index (χ0) is 20.5. The van der Waals surface area contributed by atoms with Crippen molar-refractivity contribution >= 4 is 29.4 Å². The Morgan fingerprint density at radius 1 is 1.21 bits per heavy atom. The first-order valence-corrected chi connectivity index (χ1v) is 9.29. The average molecular weight is 405 g/mol. The van der Waals surface area contributed by atoms with Crippen molar-refractivity contribution in [2.45, 2.75) is 20.8 Å². The Hall–Kier alpha value is -2.73. The second-order valence-electron chi connectivity index (χ2n) is 6.65. The molecule has 0 atom stereocenters. The van der Waals surface area contributed by atoms with Gasteiger partial charge in [-0.05, 0) is 48.7 Å². The van der Waals surface area contributed by atoms with Crippen molar-refractivity contribution in [3.05, 3.63) is 52.5 Å². The van der Waals surface area contributed by atoms with Gasteiger partial charge >= 0.3 is 0 Å². The van der Waals surface area contributed by atoms with E-state index in [1.54, 1.807) is 25.3 Å². The molecule has 0 aromatic heterocycles. The Morgan fingerprint density at radius 2 is 2.00 bits per heavy atom. The molecule has 0 bridgehead atoms. The number of halogens is 1. The van der Waals surface area contributed by atoms with E-state index in [1.807, 2.05) is 25.1 Å². The summed E-state index contributed by atoms with van der Waals surface area (Å²) >= 11 is 6.09. The van der Waals surface area contributed by atoms with Crippen LogP contribution in [0.3, 0.4) is 0 Å². The topological polar surface area (TPSA) is 69.2 Å². The molecule has 1 N–H and O–H groups in total. The van der Waals surface area contributed by atoms with Crippen LogP contribution in [0.2, 0.25) is 5.02 Å².